The molecule has 4 aliphatic carbocycles. The van der Waals surface area contributed by atoms with Gasteiger partial charge in [-0.05, 0) is 122 Å². The van der Waals surface area contributed by atoms with Crippen molar-refractivity contribution < 1.29 is 23.9 Å². The first-order chi connectivity index (χ1) is 27.0. The Kier molecular flexibility index (Phi) is 11.5. The SMILES string of the molecule is CC(C)CCC[C@@H](C)[C@H]1CC[C@H]2[C@@H]3CC=C4C[C@@H](OC(=O)CCCCCN5C(=O)c6cccc7c(N8CCOCC8)ccc(c67)C5=O)CC[C@]4(C)[C@H]3CC[C@]12C. The molecule has 7 nitrogen and oxygen atoms in total. The van der Waals surface area contributed by atoms with Gasteiger partial charge >= 0.3 is 5.97 Å². The Balaban J connectivity index is 0.805. The molecule has 0 bridgehead atoms. The quantitative estimate of drug-likeness (QED) is 0.0875. The van der Waals surface area contributed by atoms with E-state index in [0.717, 1.165) is 90.7 Å². The van der Waals surface area contributed by atoms with Gasteiger partial charge in [0.2, 0.25) is 0 Å². The van der Waals surface area contributed by atoms with Gasteiger partial charge in [-0.2, -0.15) is 0 Å². The maximum Gasteiger partial charge on any atom is 0.306 e. The summed E-state index contributed by atoms with van der Waals surface area (Å²) >= 11 is 0. The molecule has 3 saturated carbocycles. The molecule has 7 heteroatoms. The van der Waals surface area contributed by atoms with Crippen LogP contribution in [-0.2, 0) is 14.3 Å². The highest BCUT2D eigenvalue weighted by Gasteiger charge is 2.59. The summed E-state index contributed by atoms with van der Waals surface area (Å²) in [6.07, 6.45) is 19.0. The van der Waals surface area contributed by atoms with Gasteiger partial charge in [0, 0.05) is 60.1 Å². The Morgan fingerprint density at radius 3 is 2.45 bits per heavy atom. The number of benzene rings is 2. The molecule has 2 aromatic carbocycles. The number of anilines is 1. The first kappa shape index (κ1) is 39.6. The van der Waals surface area contributed by atoms with E-state index in [1.165, 1.54) is 56.3 Å². The zero-order chi connectivity index (χ0) is 39.2. The van der Waals surface area contributed by atoms with Crippen molar-refractivity contribution in [3.05, 3.63) is 53.1 Å². The normalized spacial score (nSPS) is 31.9. The summed E-state index contributed by atoms with van der Waals surface area (Å²) in [5, 5.41) is 1.71. The molecule has 0 radical (unpaired) electrons. The van der Waals surface area contributed by atoms with Gasteiger partial charge in [-0.1, -0.05) is 84.1 Å². The molecule has 0 N–H and O–H groups in total. The monoisotopic (exact) mass is 765 g/mol. The second-order valence-electron chi connectivity index (χ2n) is 19.7. The van der Waals surface area contributed by atoms with Crippen molar-refractivity contribution >= 4 is 34.2 Å². The van der Waals surface area contributed by atoms with E-state index in [2.05, 4.69) is 45.6 Å². The first-order valence-corrected chi connectivity index (χ1v) is 22.6. The third-order valence-corrected chi connectivity index (χ3v) is 16.1. The van der Waals surface area contributed by atoms with Crippen LogP contribution in [0.1, 0.15) is 152 Å². The van der Waals surface area contributed by atoms with Crippen molar-refractivity contribution in [1.82, 2.24) is 4.90 Å². The van der Waals surface area contributed by atoms with E-state index in [4.69, 9.17) is 9.47 Å². The molecule has 56 heavy (non-hydrogen) atoms. The number of amides is 2. The van der Waals surface area contributed by atoms with Gasteiger partial charge in [0.1, 0.15) is 6.10 Å². The van der Waals surface area contributed by atoms with Crippen LogP contribution in [0.3, 0.4) is 0 Å². The molecule has 2 heterocycles. The number of carbonyl (C=O) groups is 3. The number of nitrogens with zero attached hydrogens (tertiary/aromatic N) is 2. The number of rotatable bonds is 13. The Bertz CT molecular complexity index is 1810. The molecular weight excluding hydrogens is 697 g/mol. The van der Waals surface area contributed by atoms with Crippen LogP contribution < -0.4 is 4.90 Å². The second kappa shape index (κ2) is 16.2. The van der Waals surface area contributed by atoms with Gasteiger partial charge in [0.15, 0.2) is 0 Å². The second-order valence-corrected chi connectivity index (χ2v) is 19.7. The lowest BCUT2D eigenvalue weighted by atomic mass is 9.47. The highest BCUT2D eigenvalue weighted by molar-refractivity contribution is 6.26. The Morgan fingerprint density at radius 1 is 0.875 bits per heavy atom. The number of fused-ring (bicyclic) bond motifs is 5. The van der Waals surface area contributed by atoms with Crippen molar-refractivity contribution in [1.29, 1.82) is 0 Å². The molecule has 0 aromatic heterocycles. The third kappa shape index (κ3) is 7.26. The fraction of sp³-hybridized carbons (Fsp3) is 0.694. The molecule has 0 unspecified atom stereocenters. The average molecular weight is 765 g/mol. The topological polar surface area (TPSA) is 76.2 Å². The fourth-order valence-electron chi connectivity index (χ4n) is 13.1. The summed E-state index contributed by atoms with van der Waals surface area (Å²) in [7, 11) is 0. The lowest BCUT2D eigenvalue weighted by molar-refractivity contribution is -0.151. The summed E-state index contributed by atoms with van der Waals surface area (Å²) in [4.78, 5) is 44.1. The van der Waals surface area contributed by atoms with E-state index in [0.29, 0.717) is 55.6 Å². The summed E-state index contributed by atoms with van der Waals surface area (Å²) < 4.78 is 11.7. The molecule has 1 saturated heterocycles. The number of esters is 1. The van der Waals surface area contributed by atoms with E-state index >= 15 is 0 Å². The van der Waals surface area contributed by atoms with Gasteiger partial charge in [-0.3, -0.25) is 19.3 Å². The molecule has 304 valence electrons. The van der Waals surface area contributed by atoms with Crippen LogP contribution in [0.4, 0.5) is 5.69 Å². The van der Waals surface area contributed by atoms with Gasteiger partial charge in [0.25, 0.3) is 11.8 Å². The van der Waals surface area contributed by atoms with Crippen molar-refractivity contribution in [2.24, 2.45) is 46.3 Å². The van der Waals surface area contributed by atoms with Crippen LogP contribution in [0.15, 0.2) is 42.0 Å². The minimum atomic E-state index is -0.226. The summed E-state index contributed by atoms with van der Waals surface area (Å²) in [5.41, 5.74) is 4.54. The van der Waals surface area contributed by atoms with E-state index in [-0.39, 0.29) is 29.3 Å². The van der Waals surface area contributed by atoms with Crippen LogP contribution in [0, 0.1) is 46.3 Å². The van der Waals surface area contributed by atoms with Crippen LogP contribution in [-0.4, -0.2) is 61.6 Å². The van der Waals surface area contributed by atoms with Crippen LogP contribution >= 0.6 is 0 Å². The number of hydrogen-bond acceptors (Lipinski definition) is 6. The highest BCUT2D eigenvalue weighted by Crippen LogP contribution is 2.67. The summed E-state index contributed by atoms with van der Waals surface area (Å²) in [6.45, 7) is 15.8. The van der Waals surface area contributed by atoms with Crippen molar-refractivity contribution in [2.45, 2.75) is 137 Å². The van der Waals surface area contributed by atoms with E-state index in [1.54, 1.807) is 5.57 Å². The zero-order valence-electron chi connectivity index (χ0n) is 35.1. The lowest BCUT2D eigenvalue weighted by Crippen LogP contribution is -2.51. The number of ether oxygens (including phenoxy) is 2. The molecule has 2 aromatic rings. The number of allylic oxidation sites excluding steroid dienone is 1. The van der Waals surface area contributed by atoms with Gasteiger partial charge in [0.05, 0.1) is 13.2 Å². The summed E-state index contributed by atoms with van der Waals surface area (Å²) in [6, 6.07) is 9.68. The maximum absolute atomic E-state index is 13.6. The lowest BCUT2D eigenvalue weighted by Gasteiger charge is -2.58. The van der Waals surface area contributed by atoms with Crippen molar-refractivity contribution in [2.75, 3.05) is 37.7 Å². The Labute approximate surface area is 336 Å². The maximum atomic E-state index is 13.6. The molecule has 2 amide bonds. The third-order valence-electron chi connectivity index (χ3n) is 16.1. The summed E-state index contributed by atoms with van der Waals surface area (Å²) in [5.74, 6) is 4.39. The minimum absolute atomic E-state index is 0.0232. The first-order valence-electron chi connectivity index (χ1n) is 22.6. The number of morpholine rings is 1. The smallest absolute Gasteiger partial charge is 0.306 e. The minimum Gasteiger partial charge on any atom is -0.462 e. The van der Waals surface area contributed by atoms with Crippen LogP contribution in [0.25, 0.3) is 10.8 Å². The largest absolute Gasteiger partial charge is 0.462 e. The van der Waals surface area contributed by atoms with E-state index in [9.17, 15) is 14.4 Å². The van der Waals surface area contributed by atoms with Gasteiger partial charge in [-0.15, -0.1) is 0 Å². The highest BCUT2D eigenvalue weighted by atomic mass is 16.5. The number of unbranched alkanes of at least 4 members (excludes halogenated alkanes) is 2. The van der Waals surface area contributed by atoms with Gasteiger partial charge in [-0.25, -0.2) is 0 Å². The predicted octanol–water partition coefficient (Wildman–Crippen LogP) is 10.8. The molecule has 8 rings (SSSR count). The molecule has 6 aliphatic rings. The average Bonchev–Trinajstić information content (AvgIpc) is 3.55. The molecule has 4 fully saturated rings. The van der Waals surface area contributed by atoms with E-state index in [1.807, 2.05) is 30.3 Å². The molecular formula is C49H68N2O5. The van der Waals surface area contributed by atoms with Crippen molar-refractivity contribution in [3.8, 4) is 0 Å². The van der Waals surface area contributed by atoms with E-state index < -0.39 is 0 Å². The molecule has 0 spiro atoms. The number of hydrogen-bond donors (Lipinski definition) is 0. The fourth-order valence-corrected chi connectivity index (χ4v) is 13.1. The Morgan fingerprint density at radius 2 is 1.66 bits per heavy atom. The predicted molar refractivity (Wildman–Crippen MR) is 224 cm³/mol. The van der Waals surface area contributed by atoms with Crippen LogP contribution in [0.5, 0.6) is 0 Å². The van der Waals surface area contributed by atoms with Crippen molar-refractivity contribution in [3.63, 3.8) is 0 Å². The standard InChI is InChI=1S/C49H68N2O5/c1-32(2)11-9-12-33(3)40-19-20-41-36-17-16-34-31-35(22-24-48(34,4)42(36)23-25-49(40,41)5)56-44(52)15-7-6-8-26-51-46(53)38-14-10-13-37-43(50-27-29-55-30-28-50)21-18-39(45(37)38)47(51)54/h10,13-14,16,18,21,32-33,35-36,40-42H,6-9,11-12,15,17,19-20,22-31H2,1-5H3/t33-,35+,36+,40-,41+,42+,48+,49-/m1/s1. The molecule has 8 atom stereocenters. The number of carbonyl (C=O) groups excluding carboxylic acids is 3. The Hall–Kier alpha value is -3.19. The van der Waals surface area contributed by atoms with Crippen LogP contribution in [0.2, 0.25) is 0 Å². The van der Waals surface area contributed by atoms with Gasteiger partial charge < -0.3 is 14.4 Å². The number of imide groups is 1. The zero-order valence-corrected chi connectivity index (χ0v) is 35.1. The molecule has 2 aliphatic heterocycles.